The smallest absolute Gasteiger partial charge is 0.0855 e. The van der Waals surface area contributed by atoms with Gasteiger partial charge in [-0.15, -0.1) is 0 Å². The third-order valence-electron chi connectivity index (χ3n) is 8.61. The molecule has 9 atom stereocenters. The summed E-state index contributed by atoms with van der Waals surface area (Å²) in [5.74, 6) is 2.57. The molecule has 0 aromatic heterocycles. The molecule has 4 saturated carbocycles. The summed E-state index contributed by atoms with van der Waals surface area (Å²) in [6, 6.07) is 0. The molecule has 0 radical (unpaired) electrons. The molecule has 4 aliphatic carbocycles. The van der Waals surface area contributed by atoms with Gasteiger partial charge in [0, 0.05) is 0 Å². The van der Waals surface area contributed by atoms with Crippen molar-refractivity contribution in [1.82, 2.24) is 0 Å². The maximum Gasteiger partial charge on any atom is 0.0855 e. The van der Waals surface area contributed by atoms with Crippen LogP contribution in [0.1, 0.15) is 65.2 Å². The molecule has 22 heavy (non-hydrogen) atoms. The van der Waals surface area contributed by atoms with E-state index in [0.717, 1.165) is 38.0 Å². The maximum atomic E-state index is 10.5. The fraction of sp³-hybridized carbons (Fsp3) is 1.00. The largest absolute Gasteiger partial charge is 0.393 e. The van der Waals surface area contributed by atoms with Crippen molar-refractivity contribution in [2.45, 2.75) is 83.5 Å². The lowest BCUT2D eigenvalue weighted by atomic mass is 9.45. The molecule has 0 aromatic carbocycles. The van der Waals surface area contributed by atoms with E-state index in [0.29, 0.717) is 23.2 Å². The Balaban J connectivity index is 1.63. The fourth-order valence-corrected chi connectivity index (χ4v) is 7.22. The summed E-state index contributed by atoms with van der Waals surface area (Å²) in [5, 5.41) is 30.8. The number of fused-ring (bicyclic) bond motifs is 5. The first-order valence-corrected chi connectivity index (χ1v) is 9.40. The van der Waals surface area contributed by atoms with E-state index in [1.165, 1.54) is 19.3 Å². The van der Waals surface area contributed by atoms with Gasteiger partial charge in [0.2, 0.25) is 0 Å². The second-order valence-electron chi connectivity index (χ2n) is 9.38. The van der Waals surface area contributed by atoms with Crippen molar-refractivity contribution in [2.75, 3.05) is 0 Å². The van der Waals surface area contributed by atoms with E-state index < -0.39 is 12.2 Å². The first-order chi connectivity index (χ1) is 10.4. The summed E-state index contributed by atoms with van der Waals surface area (Å²) in [4.78, 5) is 0. The molecular formula is C19H32O3. The minimum atomic E-state index is -0.530. The first kappa shape index (κ1) is 15.4. The van der Waals surface area contributed by atoms with Crippen molar-refractivity contribution in [3.63, 3.8) is 0 Å². The lowest BCUT2D eigenvalue weighted by molar-refractivity contribution is -0.135. The first-order valence-electron chi connectivity index (χ1n) is 9.40. The van der Waals surface area contributed by atoms with Gasteiger partial charge in [-0.25, -0.2) is 0 Å². The molecule has 0 aromatic rings. The van der Waals surface area contributed by atoms with Gasteiger partial charge in [0.1, 0.15) is 0 Å². The third kappa shape index (κ3) is 1.91. The van der Waals surface area contributed by atoms with Gasteiger partial charge >= 0.3 is 0 Å². The van der Waals surface area contributed by atoms with Crippen LogP contribution in [-0.4, -0.2) is 33.6 Å². The molecule has 4 aliphatic rings. The number of aliphatic hydroxyl groups is 3. The Labute approximate surface area is 134 Å². The second-order valence-corrected chi connectivity index (χ2v) is 9.38. The van der Waals surface area contributed by atoms with Crippen LogP contribution < -0.4 is 0 Å². The molecule has 4 rings (SSSR count). The highest BCUT2D eigenvalue weighted by molar-refractivity contribution is 5.11. The lowest BCUT2D eigenvalue weighted by Gasteiger charge is -2.60. The van der Waals surface area contributed by atoms with Crippen LogP contribution in [0.3, 0.4) is 0 Å². The molecule has 0 spiro atoms. The Morgan fingerprint density at radius 2 is 1.50 bits per heavy atom. The molecule has 0 heterocycles. The topological polar surface area (TPSA) is 60.7 Å². The molecule has 126 valence electrons. The van der Waals surface area contributed by atoms with Crippen LogP contribution >= 0.6 is 0 Å². The molecular weight excluding hydrogens is 276 g/mol. The summed E-state index contributed by atoms with van der Waals surface area (Å²) in [6.45, 7) is 4.69. The van der Waals surface area contributed by atoms with Gasteiger partial charge < -0.3 is 15.3 Å². The summed E-state index contributed by atoms with van der Waals surface area (Å²) >= 11 is 0. The minimum Gasteiger partial charge on any atom is -0.393 e. The number of hydrogen-bond acceptors (Lipinski definition) is 3. The standard InChI is InChI=1S/C19H32O3/c1-18-7-5-12(20)9-11(18)3-4-13-14(18)6-8-19(2)15(13)10-16(21)17(19)22/h11-17,20-22H,3-10H2,1-2H3/t11?,12?,13-,14+,15+,16?,17?,18+,19+/m1/s1. The van der Waals surface area contributed by atoms with Gasteiger partial charge in [0.25, 0.3) is 0 Å². The fourth-order valence-electron chi connectivity index (χ4n) is 7.22. The van der Waals surface area contributed by atoms with Crippen molar-refractivity contribution in [3.8, 4) is 0 Å². The Kier molecular flexibility index (Phi) is 3.46. The van der Waals surface area contributed by atoms with Gasteiger partial charge in [0.05, 0.1) is 18.3 Å². The van der Waals surface area contributed by atoms with Crippen molar-refractivity contribution in [2.24, 2.45) is 34.5 Å². The predicted octanol–water partition coefficient (Wildman–Crippen LogP) is 2.72. The van der Waals surface area contributed by atoms with Crippen LogP contribution in [0.25, 0.3) is 0 Å². The van der Waals surface area contributed by atoms with Crippen LogP contribution in [-0.2, 0) is 0 Å². The van der Waals surface area contributed by atoms with E-state index in [2.05, 4.69) is 13.8 Å². The minimum absolute atomic E-state index is 0.0715. The monoisotopic (exact) mass is 308 g/mol. The zero-order chi connectivity index (χ0) is 15.7. The van der Waals surface area contributed by atoms with Gasteiger partial charge in [-0.1, -0.05) is 13.8 Å². The highest BCUT2D eigenvalue weighted by atomic mass is 16.3. The molecule has 3 nitrogen and oxygen atoms in total. The van der Waals surface area contributed by atoms with Gasteiger partial charge in [-0.3, -0.25) is 0 Å². The number of rotatable bonds is 0. The molecule has 3 heteroatoms. The molecule has 4 unspecified atom stereocenters. The molecule has 0 bridgehead atoms. The van der Waals surface area contributed by atoms with Crippen molar-refractivity contribution >= 4 is 0 Å². The lowest BCUT2D eigenvalue weighted by Crippen LogP contribution is -2.54. The molecule has 4 fully saturated rings. The summed E-state index contributed by atoms with van der Waals surface area (Å²) in [6.07, 6.45) is 7.49. The van der Waals surface area contributed by atoms with Crippen molar-refractivity contribution < 1.29 is 15.3 Å². The van der Waals surface area contributed by atoms with Gasteiger partial charge in [-0.05, 0) is 85.9 Å². The molecule has 0 saturated heterocycles. The average Bonchev–Trinajstić information content (AvgIpc) is 2.72. The van der Waals surface area contributed by atoms with E-state index in [4.69, 9.17) is 0 Å². The van der Waals surface area contributed by atoms with Gasteiger partial charge in [-0.2, -0.15) is 0 Å². The normalized spacial score (nSPS) is 61.2. The SMILES string of the molecule is C[C@]12CCC(O)CC1CC[C@@H]1[C@@H]2CC[C@]2(C)C(O)C(O)C[C@@H]12. The van der Waals surface area contributed by atoms with E-state index >= 15 is 0 Å². The Morgan fingerprint density at radius 3 is 2.27 bits per heavy atom. The summed E-state index contributed by atoms with van der Waals surface area (Å²) in [5.41, 5.74) is 0.305. The van der Waals surface area contributed by atoms with Crippen molar-refractivity contribution in [1.29, 1.82) is 0 Å². The number of aliphatic hydroxyl groups excluding tert-OH is 3. The van der Waals surface area contributed by atoms with E-state index in [1.807, 2.05) is 0 Å². The number of hydrogen-bond donors (Lipinski definition) is 3. The molecule has 3 N–H and O–H groups in total. The van der Waals surface area contributed by atoms with E-state index in [1.54, 1.807) is 0 Å². The molecule has 0 aliphatic heterocycles. The van der Waals surface area contributed by atoms with Crippen LogP contribution in [0.4, 0.5) is 0 Å². The highest BCUT2D eigenvalue weighted by Crippen LogP contribution is 2.66. The Bertz CT molecular complexity index is 452. The second kappa shape index (κ2) is 4.94. The quantitative estimate of drug-likeness (QED) is 0.645. The highest BCUT2D eigenvalue weighted by Gasteiger charge is 2.61. The van der Waals surface area contributed by atoms with Crippen molar-refractivity contribution in [3.05, 3.63) is 0 Å². The summed E-state index contributed by atoms with van der Waals surface area (Å²) in [7, 11) is 0. The Morgan fingerprint density at radius 1 is 0.773 bits per heavy atom. The predicted molar refractivity (Wildman–Crippen MR) is 85.1 cm³/mol. The average molecular weight is 308 g/mol. The van der Waals surface area contributed by atoms with Gasteiger partial charge in [0.15, 0.2) is 0 Å². The van der Waals surface area contributed by atoms with Crippen LogP contribution in [0.2, 0.25) is 0 Å². The van der Waals surface area contributed by atoms with Crippen LogP contribution in [0, 0.1) is 34.5 Å². The van der Waals surface area contributed by atoms with E-state index in [-0.39, 0.29) is 11.5 Å². The third-order valence-corrected chi connectivity index (χ3v) is 8.61. The van der Waals surface area contributed by atoms with Crippen LogP contribution in [0.15, 0.2) is 0 Å². The van der Waals surface area contributed by atoms with Crippen LogP contribution in [0.5, 0.6) is 0 Å². The summed E-state index contributed by atoms with van der Waals surface area (Å²) < 4.78 is 0. The zero-order valence-corrected chi connectivity index (χ0v) is 14.0. The van der Waals surface area contributed by atoms with E-state index in [9.17, 15) is 15.3 Å². The zero-order valence-electron chi connectivity index (χ0n) is 14.0. The molecule has 0 amide bonds. The Hall–Kier alpha value is -0.120. The maximum absolute atomic E-state index is 10.5.